The van der Waals surface area contributed by atoms with Crippen molar-refractivity contribution in [2.24, 2.45) is 0 Å². The Hall–Kier alpha value is -3.52. The summed E-state index contributed by atoms with van der Waals surface area (Å²) in [5.41, 5.74) is 4.21. The Labute approximate surface area is 145 Å². The quantitative estimate of drug-likeness (QED) is 0.604. The van der Waals surface area contributed by atoms with Crippen molar-refractivity contribution >= 4 is 10.9 Å². The summed E-state index contributed by atoms with van der Waals surface area (Å²) >= 11 is 0. The average Bonchev–Trinajstić information content (AvgIpc) is 3.11. The first-order valence-corrected chi connectivity index (χ1v) is 7.96. The molecule has 4 rings (SSSR count). The molecule has 1 N–H and O–H groups in total. The third-order valence-electron chi connectivity index (χ3n) is 4.28. The van der Waals surface area contributed by atoms with E-state index in [1.54, 1.807) is 16.8 Å². The van der Waals surface area contributed by atoms with Gasteiger partial charge in [-0.1, -0.05) is 18.2 Å². The van der Waals surface area contributed by atoms with Gasteiger partial charge in [0.05, 0.1) is 11.2 Å². The number of rotatable bonds is 2. The average molecular weight is 328 g/mol. The van der Waals surface area contributed by atoms with E-state index in [-0.39, 0.29) is 5.75 Å². The van der Waals surface area contributed by atoms with Crippen LogP contribution in [0.1, 0.15) is 17.0 Å². The molecule has 0 radical (unpaired) electrons. The smallest absolute Gasteiger partial charge is 0.158 e. The summed E-state index contributed by atoms with van der Waals surface area (Å²) < 4.78 is 3.81. The summed E-state index contributed by atoms with van der Waals surface area (Å²) in [6.45, 7) is 3.91. The van der Waals surface area contributed by atoms with Gasteiger partial charge in [0, 0.05) is 16.8 Å². The van der Waals surface area contributed by atoms with E-state index in [1.807, 2.05) is 60.9 Å². The van der Waals surface area contributed by atoms with Crippen LogP contribution in [0.15, 0.2) is 54.6 Å². The van der Waals surface area contributed by atoms with Gasteiger partial charge in [-0.2, -0.15) is 10.4 Å². The summed E-state index contributed by atoms with van der Waals surface area (Å²) in [4.78, 5) is 0. The number of hydrogen-bond donors (Lipinski definition) is 1. The van der Waals surface area contributed by atoms with Gasteiger partial charge in [-0.3, -0.25) is 4.57 Å². The molecular formula is C20H16N4O. The van der Waals surface area contributed by atoms with E-state index < -0.39 is 0 Å². The van der Waals surface area contributed by atoms with Gasteiger partial charge in [0.25, 0.3) is 0 Å². The van der Waals surface area contributed by atoms with Crippen LogP contribution in [-0.4, -0.2) is 19.5 Å². The van der Waals surface area contributed by atoms with Crippen LogP contribution < -0.4 is 0 Å². The minimum Gasteiger partial charge on any atom is -0.508 e. The topological polar surface area (TPSA) is 66.8 Å². The highest BCUT2D eigenvalue weighted by molar-refractivity contribution is 5.92. The number of para-hydroxylation sites is 1. The predicted molar refractivity (Wildman–Crippen MR) is 96.3 cm³/mol. The van der Waals surface area contributed by atoms with Crippen molar-refractivity contribution in [3.63, 3.8) is 0 Å². The molecule has 0 aliphatic heterocycles. The molecular weight excluding hydrogens is 312 g/mol. The molecule has 0 aliphatic rings. The van der Waals surface area contributed by atoms with Gasteiger partial charge in [0.15, 0.2) is 5.82 Å². The lowest BCUT2D eigenvalue weighted by Crippen LogP contribution is -2.08. The third kappa shape index (κ3) is 2.27. The summed E-state index contributed by atoms with van der Waals surface area (Å²) in [7, 11) is 0. The molecule has 0 spiro atoms. The van der Waals surface area contributed by atoms with E-state index in [2.05, 4.69) is 11.2 Å². The lowest BCUT2D eigenvalue weighted by atomic mass is 10.2. The van der Waals surface area contributed by atoms with Gasteiger partial charge in [0.2, 0.25) is 0 Å². The molecule has 0 aliphatic carbocycles. The minimum absolute atomic E-state index is 0.202. The largest absolute Gasteiger partial charge is 0.508 e. The zero-order valence-corrected chi connectivity index (χ0v) is 13.9. The van der Waals surface area contributed by atoms with Gasteiger partial charge in [0.1, 0.15) is 17.4 Å². The molecule has 5 nitrogen and oxygen atoms in total. The second kappa shape index (κ2) is 5.53. The first-order chi connectivity index (χ1) is 12.1. The Morgan fingerprint density at radius 3 is 2.40 bits per heavy atom. The predicted octanol–water partition coefficient (Wildman–Crippen LogP) is 4.01. The van der Waals surface area contributed by atoms with Crippen LogP contribution in [0.5, 0.6) is 5.75 Å². The van der Waals surface area contributed by atoms with E-state index in [9.17, 15) is 10.4 Å². The van der Waals surface area contributed by atoms with Crippen LogP contribution in [0.3, 0.4) is 0 Å². The molecule has 0 fully saturated rings. The summed E-state index contributed by atoms with van der Waals surface area (Å²) in [6, 6.07) is 19.1. The SMILES string of the molecule is Cc1cc(C)n(-c2c(C#N)c3ccccc3n2-c2ccc(O)cc2)n1. The zero-order valence-electron chi connectivity index (χ0n) is 13.9. The zero-order chi connectivity index (χ0) is 17.6. The molecule has 0 bridgehead atoms. The molecule has 4 aromatic rings. The summed E-state index contributed by atoms with van der Waals surface area (Å²) in [5.74, 6) is 0.911. The number of nitriles is 1. The van der Waals surface area contributed by atoms with Crippen molar-refractivity contribution < 1.29 is 5.11 Å². The Kier molecular flexibility index (Phi) is 3.33. The first-order valence-electron chi connectivity index (χ1n) is 7.96. The summed E-state index contributed by atoms with van der Waals surface area (Å²) in [6.07, 6.45) is 0. The van der Waals surface area contributed by atoms with Gasteiger partial charge >= 0.3 is 0 Å². The molecule has 0 unspecified atom stereocenters. The van der Waals surface area contributed by atoms with Crippen LogP contribution in [0, 0.1) is 25.2 Å². The van der Waals surface area contributed by atoms with Crippen molar-refractivity contribution in [2.45, 2.75) is 13.8 Å². The van der Waals surface area contributed by atoms with E-state index in [1.165, 1.54) is 0 Å². The number of aromatic hydroxyl groups is 1. The maximum absolute atomic E-state index is 9.84. The number of phenolic OH excluding ortho intramolecular Hbond substituents is 1. The van der Waals surface area contributed by atoms with Crippen LogP contribution in [-0.2, 0) is 0 Å². The monoisotopic (exact) mass is 328 g/mol. The van der Waals surface area contributed by atoms with E-state index in [0.717, 1.165) is 28.0 Å². The number of nitrogens with zero attached hydrogens (tertiary/aromatic N) is 4. The molecule has 5 heteroatoms. The number of aromatic nitrogens is 3. The lowest BCUT2D eigenvalue weighted by Gasteiger charge is -2.12. The highest BCUT2D eigenvalue weighted by atomic mass is 16.3. The normalized spacial score (nSPS) is 10.9. The van der Waals surface area contributed by atoms with Gasteiger partial charge < -0.3 is 5.11 Å². The maximum Gasteiger partial charge on any atom is 0.158 e. The van der Waals surface area contributed by atoms with E-state index in [0.29, 0.717) is 11.4 Å². The highest BCUT2D eigenvalue weighted by Crippen LogP contribution is 2.32. The molecule has 25 heavy (non-hydrogen) atoms. The highest BCUT2D eigenvalue weighted by Gasteiger charge is 2.21. The molecule has 0 atom stereocenters. The Bertz CT molecular complexity index is 1130. The summed E-state index contributed by atoms with van der Waals surface area (Å²) in [5, 5.41) is 24.9. The molecule has 2 aromatic carbocycles. The van der Waals surface area contributed by atoms with E-state index >= 15 is 0 Å². The van der Waals surface area contributed by atoms with Gasteiger partial charge in [-0.15, -0.1) is 0 Å². The maximum atomic E-state index is 9.84. The second-order valence-electron chi connectivity index (χ2n) is 6.02. The number of fused-ring (bicyclic) bond motifs is 1. The fraction of sp³-hybridized carbons (Fsp3) is 0.100. The van der Waals surface area contributed by atoms with Crippen molar-refractivity contribution in [3.05, 3.63) is 71.5 Å². The van der Waals surface area contributed by atoms with Crippen LogP contribution in [0.4, 0.5) is 0 Å². The van der Waals surface area contributed by atoms with Crippen molar-refractivity contribution in [1.29, 1.82) is 5.26 Å². The molecule has 0 saturated carbocycles. The third-order valence-corrected chi connectivity index (χ3v) is 4.28. The van der Waals surface area contributed by atoms with Crippen molar-refractivity contribution in [2.75, 3.05) is 0 Å². The lowest BCUT2D eigenvalue weighted by molar-refractivity contribution is 0.475. The second-order valence-corrected chi connectivity index (χ2v) is 6.02. The minimum atomic E-state index is 0.202. The molecule has 122 valence electrons. The number of phenols is 1. The fourth-order valence-corrected chi connectivity index (χ4v) is 3.24. The van der Waals surface area contributed by atoms with Crippen molar-refractivity contribution in [3.8, 4) is 23.3 Å². The Morgan fingerprint density at radius 1 is 1.04 bits per heavy atom. The van der Waals surface area contributed by atoms with E-state index in [4.69, 9.17) is 0 Å². The fourth-order valence-electron chi connectivity index (χ4n) is 3.24. The van der Waals surface area contributed by atoms with Crippen LogP contribution >= 0.6 is 0 Å². The number of aryl methyl sites for hydroxylation is 2. The Morgan fingerprint density at radius 2 is 1.76 bits per heavy atom. The van der Waals surface area contributed by atoms with Gasteiger partial charge in [-0.05, 0) is 50.2 Å². The standard InChI is InChI=1S/C20H16N4O/c1-13-11-14(2)24(22-13)20-18(12-21)17-5-3-4-6-19(17)23(20)15-7-9-16(25)10-8-15/h3-11,25H,1-2H3. The molecule has 0 amide bonds. The Balaban J connectivity index is 2.17. The number of hydrogen-bond acceptors (Lipinski definition) is 3. The van der Waals surface area contributed by atoms with Crippen molar-refractivity contribution in [1.82, 2.24) is 14.3 Å². The first kappa shape index (κ1) is 15.0. The molecule has 0 saturated heterocycles. The molecule has 2 heterocycles. The molecule has 2 aromatic heterocycles. The number of benzene rings is 2. The van der Waals surface area contributed by atoms with Crippen LogP contribution in [0.2, 0.25) is 0 Å². The van der Waals surface area contributed by atoms with Gasteiger partial charge in [-0.25, -0.2) is 4.68 Å². The van der Waals surface area contributed by atoms with Crippen LogP contribution in [0.25, 0.3) is 22.4 Å².